The van der Waals surface area contributed by atoms with Crippen molar-refractivity contribution in [3.8, 4) is 0 Å². The smallest absolute Gasteiger partial charge is 0.240 e. The van der Waals surface area contributed by atoms with E-state index in [0.717, 1.165) is 25.9 Å². The van der Waals surface area contributed by atoms with Crippen molar-refractivity contribution in [2.45, 2.75) is 46.6 Å². The second-order valence-electron chi connectivity index (χ2n) is 7.45. The van der Waals surface area contributed by atoms with E-state index in [1.165, 1.54) is 5.57 Å². The zero-order valence-electron chi connectivity index (χ0n) is 13.5. The first kappa shape index (κ1) is 15.3. The molecular formula is C17H28N2O. The first-order valence-electron chi connectivity index (χ1n) is 7.62. The van der Waals surface area contributed by atoms with Gasteiger partial charge in [0.25, 0.3) is 0 Å². The van der Waals surface area contributed by atoms with Crippen LogP contribution in [0.2, 0.25) is 0 Å². The lowest BCUT2D eigenvalue weighted by Crippen LogP contribution is -2.51. The Morgan fingerprint density at radius 2 is 2.05 bits per heavy atom. The third kappa shape index (κ3) is 3.14. The first-order valence-corrected chi connectivity index (χ1v) is 7.62. The van der Waals surface area contributed by atoms with Gasteiger partial charge in [0.05, 0.1) is 6.04 Å². The molecule has 0 saturated carbocycles. The number of nitrogens with zero attached hydrogens (tertiary/aromatic N) is 1. The number of hydrogen-bond donors (Lipinski definition) is 1. The molecule has 1 N–H and O–H groups in total. The monoisotopic (exact) mass is 276 g/mol. The fourth-order valence-electron chi connectivity index (χ4n) is 3.38. The Morgan fingerprint density at radius 3 is 2.60 bits per heavy atom. The van der Waals surface area contributed by atoms with Crippen molar-refractivity contribution < 1.29 is 4.79 Å². The van der Waals surface area contributed by atoms with Gasteiger partial charge in [0, 0.05) is 18.5 Å². The van der Waals surface area contributed by atoms with Gasteiger partial charge in [-0.25, -0.2) is 0 Å². The highest BCUT2D eigenvalue weighted by Crippen LogP contribution is 2.33. The van der Waals surface area contributed by atoms with Gasteiger partial charge in [0.15, 0.2) is 0 Å². The molecule has 0 aromatic heterocycles. The van der Waals surface area contributed by atoms with Gasteiger partial charge >= 0.3 is 0 Å². The van der Waals surface area contributed by atoms with Crippen molar-refractivity contribution >= 4 is 5.91 Å². The second kappa shape index (κ2) is 5.36. The average molecular weight is 276 g/mol. The molecule has 1 aliphatic heterocycles. The van der Waals surface area contributed by atoms with E-state index >= 15 is 0 Å². The summed E-state index contributed by atoms with van der Waals surface area (Å²) < 4.78 is 0. The molecule has 2 rings (SSSR count). The lowest BCUT2D eigenvalue weighted by atomic mass is 9.80. The van der Waals surface area contributed by atoms with Gasteiger partial charge in [-0.1, -0.05) is 45.9 Å². The number of nitrogens with one attached hydrogen (secondary N) is 1. The zero-order valence-corrected chi connectivity index (χ0v) is 13.5. The van der Waals surface area contributed by atoms with Crippen molar-refractivity contribution in [2.75, 3.05) is 20.1 Å². The summed E-state index contributed by atoms with van der Waals surface area (Å²) in [6.45, 7) is 10.4. The summed E-state index contributed by atoms with van der Waals surface area (Å²) in [4.78, 5) is 14.8. The maximum absolute atomic E-state index is 12.8. The molecule has 0 radical (unpaired) electrons. The number of carbonyl (C=O) groups is 1. The molecule has 0 aromatic rings. The Hall–Kier alpha value is -1.09. The third-order valence-corrected chi connectivity index (χ3v) is 4.54. The molecule has 1 saturated heterocycles. The van der Waals surface area contributed by atoms with Crippen molar-refractivity contribution in [1.82, 2.24) is 10.2 Å². The Kier molecular flexibility index (Phi) is 4.10. The molecule has 1 atom stereocenters. The summed E-state index contributed by atoms with van der Waals surface area (Å²) in [5.74, 6) is 0.244. The minimum absolute atomic E-state index is 0.0275. The minimum atomic E-state index is -0.0796. The first-order chi connectivity index (χ1) is 9.25. The number of carbonyl (C=O) groups excluding carboxylic acids is 1. The van der Waals surface area contributed by atoms with E-state index < -0.39 is 0 Å². The van der Waals surface area contributed by atoms with Crippen LogP contribution in [0.25, 0.3) is 0 Å². The molecule has 1 unspecified atom stereocenters. The van der Waals surface area contributed by atoms with E-state index in [9.17, 15) is 4.79 Å². The number of rotatable bonds is 3. The van der Waals surface area contributed by atoms with Crippen LogP contribution < -0.4 is 5.32 Å². The number of hydrogen-bond acceptors (Lipinski definition) is 2. The molecule has 3 nitrogen and oxygen atoms in total. The fourth-order valence-corrected chi connectivity index (χ4v) is 3.38. The third-order valence-electron chi connectivity index (χ3n) is 4.54. The van der Waals surface area contributed by atoms with E-state index in [4.69, 9.17) is 0 Å². The predicted molar refractivity (Wildman–Crippen MR) is 83.4 cm³/mol. The predicted octanol–water partition coefficient (Wildman–Crippen LogP) is 2.75. The van der Waals surface area contributed by atoms with Crippen molar-refractivity contribution in [3.05, 3.63) is 23.8 Å². The van der Waals surface area contributed by atoms with Crippen LogP contribution in [0, 0.1) is 10.8 Å². The molecule has 1 amide bonds. The van der Waals surface area contributed by atoms with Crippen LogP contribution in [0.1, 0.15) is 40.5 Å². The van der Waals surface area contributed by atoms with E-state index in [2.05, 4.69) is 51.2 Å². The van der Waals surface area contributed by atoms with Gasteiger partial charge in [-0.2, -0.15) is 0 Å². The van der Waals surface area contributed by atoms with Crippen molar-refractivity contribution in [2.24, 2.45) is 10.8 Å². The molecule has 0 spiro atoms. The lowest BCUT2D eigenvalue weighted by Gasteiger charge is -2.32. The van der Waals surface area contributed by atoms with E-state index in [1.807, 2.05) is 11.9 Å². The van der Waals surface area contributed by atoms with Crippen LogP contribution in [-0.2, 0) is 4.79 Å². The molecule has 3 heteroatoms. The molecule has 0 aromatic carbocycles. The fraction of sp³-hybridized carbons (Fsp3) is 0.706. The molecule has 20 heavy (non-hydrogen) atoms. The molecule has 2 aliphatic rings. The Morgan fingerprint density at radius 1 is 1.35 bits per heavy atom. The van der Waals surface area contributed by atoms with Crippen molar-refractivity contribution in [1.29, 1.82) is 0 Å². The minimum Gasteiger partial charge on any atom is -0.337 e. The van der Waals surface area contributed by atoms with Crippen LogP contribution in [0.3, 0.4) is 0 Å². The number of likely N-dealkylation sites (tertiary alicyclic amines) is 1. The van der Waals surface area contributed by atoms with Crippen LogP contribution in [0.5, 0.6) is 0 Å². The Bertz CT molecular complexity index is 446. The van der Waals surface area contributed by atoms with Gasteiger partial charge in [0.2, 0.25) is 5.91 Å². The highest BCUT2D eigenvalue weighted by molar-refractivity contribution is 5.83. The lowest BCUT2D eigenvalue weighted by molar-refractivity contribution is -0.134. The van der Waals surface area contributed by atoms with Crippen molar-refractivity contribution in [3.63, 3.8) is 0 Å². The van der Waals surface area contributed by atoms with E-state index in [-0.39, 0.29) is 22.8 Å². The molecule has 1 aliphatic carbocycles. The van der Waals surface area contributed by atoms with E-state index in [0.29, 0.717) is 0 Å². The van der Waals surface area contributed by atoms with Gasteiger partial charge in [0.1, 0.15) is 0 Å². The van der Waals surface area contributed by atoms with E-state index in [1.54, 1.807) is 0 Å². The quantitative estimate of drug-likeness (QED) is 0.859. The number of likely N-dealkylation sites (N-methyl/N-ethyl adjacent to an activating group) is 1. The van der Waals surface area contributed by atoms with Crippen LogP contribution in [0.4, 0.5) is 0 Å². The number of allylic oxidation sites excluding steroid dienone is 2. The summed E-state index contributed by atoms with van der Waals surface area (Å²) in [5, 5.41) is 3.23. The van der Waals surface area contributed by atoms with Gasteiger partial charge < -0.3 is 10.2 Å². The van der Waals surface area contributed by atoms with Gasteiger partial charge in [-0.05, 0) is 30.9 Å². The normalized spacial score (nSPS) is 28.4. The molecular weight excluding hydrogens is 248 g/mol. The topological polar surface area (TPSA) is 32.3 Å². The summed E-state index contributed by atoms with van der Waals surface area (Å²) in [5.41, 5.74) is 1.42. The summed E-state index contributed by atoms with van der Waals surface area (Å²) in [6.07, 6.45) is 8.81. The molecule has 1 fully saturated rings. The molecule has 0 bridgehead atoms. The van der Waals surface area contributed by atoms with Gasteiger partial charge in [-0.3, -0.25) is 4.79 Å². The zero-order chi connectivity index (χ0) is 15.0. The highest BCUT2D eigenvalue weighted by atomic mass is 16.2. The SMILES string of the molecule is CNC1C(=O)N(CC2=CC(C)(C)C=C2)CCCC1(C)C. The summed E-state index contributed by atoms with van der Waals surface area (Å²) in [7, 11) is 1.89. The largest absolute Gasteiger partial charge is 0.337 e. The highest BCUT2D eigenvalue weighted by Gasteiger charge is 2.38. The molecule has 1 heterocycles. The second-order valence-corrected chi connectivity index (χ2v) is 7.45. The number of amides is 1. The standard InChI is InChI=1S/C17H28N2O/c1-16(2)9-7-13(11-16)12-19-10-6-8-17(3,4)14(18-5)15(19)20/h7,9,11,14,18H,6,8,10,12H2,1-5H3. The Labute approximate surface area is 123 Å². The Balaban J connectivity index is 2.13. The van der Waals surface area contributed by atoms with Crippen LogP contribution in [-0.4, -0.2) is 37.0 Å². The average Bonchev–Trinajstić information content (AvgIpc) is 2.62. The maximum atomic E-state index is 12.8. The van der Waals surface area contributed by atoms with Gasteiger partial charge in [-0.15, -0.1) is 0 Å². The molecule has 112 valence electrons. The van der Waals surface area contributed by atoms with Crippen LogP contribution >= 0.6 is 0 Å². The van der Waals surface area contributed by atoms with Crippen LogP contribution in [0.15, 0.2) is 23.8 Å². The summed E-state index contributed by atoms with van der Waals surface area (Å²) in [6, 6.07) is -0.0796. The maximum Gasteiger partial charge on any atom is 0.240 e. The summed E-state index contributed by atoms with van der Waals surface area (Å²) >= 11 is 0.